The van der Waals surface area contributed by atoms with Gasteiger partial charge < -0.3 is 10.4 Å². The lowest BCUT2D eigenvalue weighted by atomic mass is 9.85. The highest BCUT2D eigenvalue weighted by Gasteiger charge is 2.27. The highest BCUT2D eigenvalue weighted by Crippen LogP contribution is 2.38. The molecular weight excluding hydrogens is 318 g/mol. The van der Waals surface area contributed by atoms with Gasteiger partial charge in [-0.1, -0.05) is 43.2 Å². The first-order chi connectivity index (χ1) is 12.1. The number of aromatic nitrogens is 2. The lowest BCUT2D eigenvalue weighted by Gasteiger charge is -2.25. The normalized spacial score (nSPS) is 15.9. The summed E-state index contributed by atoms with van der Waals surface area (Å²) in [5.41, 5.74) is 0.198. The van der Waals surface area contributed by atoms with E-state index in [0.29, 0.717) is 12.5 Å². The molecule has 2 N–H and O–H groups in total. The van der Waals surface area contributed by atoms with Crippen molar-refractivity contribution in [1.82, 2.24) is 15.1 Å². The van der Waals surface area contributed by atoms with Gasteiger partial charge >= 0.3 is 0 Å². The van der Waals surface area contributed by atoms with Gasteiger partial charge in [0.15, 0.2) is 11.4 Å². The minimum Gasteiger partial charge on any atom is -0.503 e. The van der Waals surface area contributed by atoms with Crippen LogP contribution in [0.5, 0.6) is 5.75 Å². The number of hydrogen-bond donors (Lipinski definition) is 2. The average molecular weight is 341 g/mol. The Morgan fingerprint density at radius 3 is 2.64 bits per heavy atom. The van der Waals surface area contributed by atoms with Gasteiger partial charge in [0.25, 0.3) is 11.3 Å². The molecule has 6 heteroatoms. The minimum absolute atomic E-state index is 0.232. The standard InChI is InChI=1S/C19H23N3O3/c1-20-19(25)17-18(24)16(23)12-22(21-17)11-15(14-9-5-6-10-14)13-7-3-2-4-8-13/h2-4,7-8,12,14-15,23H,5-6,9-11H2,1H3,(H,20,25). The molecule has 3 rings (SSSR count). The van der Waals surface area contributed by atoms with Crippen LogP contribution in [0.15, 0.2) is 41.3 Å². The van der Waals surface area contributed by atoms with Crippen molar-refractivity contribution < 1.29 is 9.90 Å². The molecular formula is C19H23N3O3. The first-order valence-corrected chi connectivity index (χ1v) is 8.68. The molecule has 1 aromatic carbocycles. The van der Waals surface area contributed by atoms with E-state index >= 15 is 0 Å². The molecule has 2 aromatic rings. The average Bonchev–Trinajstić information content (AvgIpc) is 3.16. The molecule has 0 radical (unpaired) electrons. The lowest BCUT2D eigenvalue weighted by Crippen LogP contribution is -2.30. The second kappa shape index (κ2) is 7.51. The van der Waals surface area contributed by atoms with Gasteiger partial charge in [0.2, 0.25) is 0 Å². The van der Waals surface area contributed by atoms with E-state index < -0.39 is 17.1 Å². The van der Waals surface area contributed by atoms with Gasteiger partial charge in [0.1, 0.15) is 0 Å². The molecule has 25 heavy (non-hydrogen) atoms. The van der Waals surface area contributed by atoms with Crippen LogP contribution in [-0.2, 0) is 6.54 Å². The monoisotopic (exact) mass is 341 g/mol. The first-order valence-electron chi connectivity index (χ1n) is 8.68. The molecule has 1 aromatic heterocycles. The van der Waals surface area contributed by atoms with Crippen molar-refractivity contribution in [1.29, 1.82) is 0 Å². The van der Waals surface area contributed by atoms with E-state index in [1.807, 2.05) is 18.2 Å². The van der Waals surface area contributed by atoms with Gasteiger partial charge in [0, 0.05) is 19.5 Å². The van der Waals surface area contributed by atoms with E-state index in [9.17, 15) is 14.7 Å². The quantitative estimate of drug-likeness (QED) is 0.874. The first kappa shape index (κ1) is 17.2. The number of rotatable bonds is 5. The number of hydrogen-bond acceptors (Lipinski definition) is 4. The number of nitrogens with zero attached hydrogens (tertiary/aromatic N) is 2. The predicted octanol–water partition coefficient (Wildman–Crippen LogP) is 2.28. The molecule has 6 nitrogen and oxygen atoms in total. The Labute approximate surface area is 146 Å². The number of amides is 1. The molecule has 132 valence electrons. The van der Waals surface area contributed by atoms with Gasteiger partial charge in [-0.3, -0.25) is 14.3 Å². The van der Waals surface area contributed by atoms with Gasteiger partial charge in [-0.05, 0) is 24.3 Å². The molecule has 1 atom stereocenters. The van der Waals surface area contributed by atoms with E-state index in [-0.39, 0.29) is 11.6 Å². The fraction of sp³-hybridized carbons (Fsp3) is 0.421. The lowest BCUT2D eigenvalue weighted by molar-refractivity contribution is 0.0953. The molecule has 1 saturated carbocycles. The second-order valence-corrected chi connectivity index (χ2v) is 6.55. The Kier molecular flexibility index (Phi) is 5.16. The third-order valence-electron chi connectivity index (χ3n) is 4.97. The Bertz CT molecular complexity index is 795. The number of benzene rings is 1. The molecule has 1 aliphatic rings. The summed E-state index contributed by atoms with van der Waals surface area (Å²) in [6.45, 7) is 0.520. The zero-order valence-corrected chi connectivity index (χ0v) is 14.3. The zero-order chi connectivity index (χ0) is 17.8. The van der Waals surface area contributed by atoms with E-state index in [4.69, 9.17) is 0 Å². The maximum absolute atomic E-state index is 11.9. The Hall–Kier alpha value is -2.63. The number of carbonyl (C=O) groups is 1. The van der Waals surface area contributed by atoms with Crippen LogP contribution in [-0.4, -0.2) is 27.8 Å². The SMILES string of the molecule is CNC(=O)c1nn(CC(c2ccccc2)C2CCCC2)cc(O)c1=O. The molecule has 0 saturated heterocycles. The van der Waals surface area contributed by atoms with E-state index in [1.54, 1.807) is 0 Å². The zero-order valence-electron chi connectivity index (χ0n) is 14.3. The summed E-state index contributed by atoms with van der Waals surface area (Å²) in [6.07, 6.45) is 6.09. The summed E-state index contributed by atoms with van der Waals surface area (Å²) in [7, 11) is 1.43. The molecule has 1 aliphatic carbocycles. The van der Waals surface area contributed by atoms with Crippen molar-refractivity contribution in [3.8, 4) is 5.75 Å². The van der Waals surface area contributed by atoms with Crippen LogP contribution < -0.4 is 10.7 Å². The van der Waals surface area contributed by atoms with Crippen LogP contribution >= 0.6 is 0 Å². The van der Waals surface area contributed by atoms with Crippen LogP contribution in [0.3, 0.4) is 0 Å². The van der Waals surface area contributed by atoms with Gasteiger partial charge in [0.05, 0.1) is 6.20 Å². The second-order valence-electron chi connectivity index (χ2n) is 6.55. The minimum atomic E-state index is -0.743. The van der Waals surface area contributed by atoms with Crippen LogP contribution in [0.25, 0.3) is 0 Å². The van der Waals surface area contributed by atoms with Crippen LogP contribution in [0, 0.1) is 5.92 Å². The molecule has 1 unspecified atom stereocenters. The van der Waals surface area contributed by atoms with E-state index in [1.165, 1.54) is 36.3 Å². The summed E-state index contributed by atoms with van der Waals surface area (Å²) < 4.78 is 1.53. The predicted molar refractivity (Wildman–Crippen MR) is 94.7 cm³/mol. The van der Waals surface area contributed by atoms with Crippen molar-refractivity contribution in [2.24, 2.45) is 5.92 Å². The molecule has 1 fully saturated rings. The van der Waals surface area contributed by atoms with E-state index in [2.05, 4.69) is 22.5 Å². The summed E-state index contributed by atoms with van der Waals surface area (Å²) in [4.78, 5) is 23.8. The Morgan fingerprint density at radius 2 is 2.00 bits per heavy atom. The molecule has 1 amide bonds. The van der Waals surface area contributed by atoms with Crippen molar-refractivity contribution >= 4 is 5.91 Å². The largest absolute Gasteiger partial charge is 0.503 e. The summed E-state index contributed by atoms with van der Waals surface area (Å²) >= 11 is 0. The molecule has 0 spiro atoms. The topological polar surface area (TPSA) is 84.2 Å². The fourth-order valence-electron chi connectivity index (χ4n) is 3.67. The third kappa shape index (κ3) is 3.73. The fourth-order valence-corrected chi connectivity index (χ4v) is 3.67. The van der Waals surface area contributed by atoms with E-state index in [0.717, 1.165) is 12.8 Å². The van der Waals surface area contributed by atoms with Crippen molar-refractivity contribution in [2.75, 3.05) is 7.05 Å². The van der Waals surface area contributed by atoms with Crippen LogP contribution in [0.2, 0.25) is 0 Å². The van der Waals surface area contributed by atoms with Crippen LogP contribution in [0.4, 0.5) is 0 Å². The van der Waals surface area contributed by atoms with Gasteiger partial charge in [-0.15, -0.1) is 0 Å². The number of carbonyl (C=O) groups excluding carboxylic acids is 1. The number of nitrogens with one attached hydrogen (secondary N) is 1. The summed E-state index contributed by atoms with van der Waals surface area (Å²) in [5.74, 6) is -0.275. The van der Waals surface area contributed by atoms with Gasteiger partial charge in [-0.2, -0.15) is 5.10 Å². The third-order valence-corrected chi connectivity index (χ3v) is 4.97. The molecule has 1 heterocycles. The van der Waals surface area contributed by atoms with Crippen molar-refractivity contribution in [3.05, 3.63) is 58.0 Å². The van der Waals surface area contributed by atoms with Crippen molar-refractivity contribution in [3.63, 3.8) is 0 Å². The summed E-state index contributed by atoms with van der Waals surface area (Å²) in [6, 6.07) is 10.2. The summed E-state index contributed by atoms with van der Waals surface area (Å²) in [5, 5.41) is 16.5. The Morgan fingerprint density at radius 1 is 1.32 bits per heavy atom. The highest BCUT2D eigenvalue weighted by atomic mass is 16.3. The van der Waals surface area contributed by atoms with Crippen molar-refractivity contribution in [2.45, 2.75) is 38.1 Å². The number of aromatic hydroxyl groups is 1. The molecule has 0 bridgehead atoms. The van der Waals surface area contributed by atoms with Gasteiger partial charge in [-0.25, -0.2) is 0 Å². The maximum Gasteiger partial charge on any atom is 0.275 e. The van der Waals surface area contributed by atoms with Crippen LogP contribution in [0.1, 0.15) is 47.7 Å². The Balaban J connectivity index is 1.95. The maximum atomic E-state index is 11.9. The highest BCUT2D eigenvalue weighted by molar-refractivity contribution is 5.92. The smallest absolute Gasteiger partial charge is 0.275 e. The molecule has 0 aliphatic heterocycles.